The summed E-state index contributed by atoms with van der Waals surface area (Å²) in [5.41, 5.74) is 5.99. The minimum absolute atomic E-state index is 0.148. The van der Waals surface area contributed by atoms with Crippen LogP contribution in [-0.4, -0.2) is 28.7 Å². The van der Waals surface area contributed by atoms with E-state index in [0.717, 1.165) is 22.6 Å². The number of ether oxygens (including phenoxy) is 2. The van der Waals surface area contributed by atoms with Crippen molar-refractivity contribution >= 4 is 12.1 Å². The van der Waals surface area contributed by atoms with Crippen molar-refractivity contribution < 1.29 is 18.7 Å². The molecule has 0 spiro atoms. The van der Waals surface area contributed by atoms with Crippen LogP contribution in [-0.2, 0) is 0 Å². The van der Waals surface area contributed by atoms with Crippen LogP contribution in [0.25, 0.3) is 5.69 Å². The van der Waals surface area contributed by atoms with Gasteiger partial charge in [0.15, 0.2) is 11.5 Å². The third-order valence-electron chi connectivity index (χ3n) is 4.41. The molecule has 0 saturated carbocycles. The number of nitrogens with one attached hydrogen (secondary N) is 1. The van der Waals surface area contributed by atoms with Crippen LogP contribution in [0.3, 0.4) is 0 Å². The van der Waals surface area contributed by atoms with Gasteiger partial charge in [0.05, 0.1) is 23.3 Å². The Kier molecular flexibility index (Phi) is 4.52. The highest BCUT2D eigenvalue weighted by Crippen LogP contribution is 2.32. The lowest BCUT2D eigenvalue weighted by Crippen LogP contribution is -2.17. The van der Waals surface area contributed by atoms with E-state index >= 15 is 0 Å². The summed E-state index contributed by atoms with van der Waals surface area (Å²) in [4.78, 5) is 12.3. The largest absolute Gasteiger partial charge is 0.454 e. The highest BCUT2D eigenvalue weighted by atomic mass is 19.1. The van der Waals surface area contributed by atoms with Crippen molar-refractivity contribution in [3.05, 3.63) is 70.8 Å². The Bertz CT molecular complexity index is 1070. The number of benzene rings is 2. The van der Waals surface area contributed by atoms with E-state index in [1.165, 1.54) is 12.1 Å². The molecule has 4 rings (SSSR count). The topological polar surface area (TPSA) is 77.7 Å². The fraction of sp³-hybridized carbons (Fsp3) is 0.150. The standard InChI is InChI=1S/C20H17FN4O3/c1-12-17(13(2)25(24-12)16-6-4-15(21)5-7-16)10-22-23-20(26)14-3-8-18-19(9-14)28-11-27-18/h3-10H,11H2,1-2H3,(H,23,26)/b22-10-. The minimum Gasteiger partial charge on any atom is -0.454 e. The van der Waals surface area contributed by atoms with Gasteiger partial charge < -0.3 is 9.47 Å². The zero-order chi connectivity index (χ0) is 19.7. The number of hydrogen-bond acceptors (Lipinski definition) is 5. The third kappa shape index (κ3) is 3.32. The number of rotatable bonds is 4. The molecule has 7 nitrogen and oxygen atoms in total. The minimum atomic E-state index is -0.365. The van der Waals surface area contributed by atoms with Crippen molar-refractivity contribution in [1.82, 2.24) is 15.2 Å². The molecule has 142 valence electrons. The Morgan fingerprint density at radius 1 is 1.18 bits per heavy atom. The number of hydrazone groups is 1. The molecule has 0 fully saturated rings. The van der Waals surface area contributed by atoms with E-state index < -0.39 is 0 Å². The fourth-order valence-electron chi connectivity index (χ4n) is 2.93. The van der Waals surface area contributed by atoms with Gasteiger partial charge in [-0.25, -0.2) is 14.5 Å². The fourth-order valence-corrected chi connectivity index (χ4v) is 2.93. The smallest absolute Gasteiger partial charge is 0.271 e. The Morgan fingerprint density at radius 2 is 1.93 bits per heavy atom. The zero-order valence-corrected chi connectivity index (χ0v) is 15.3. The number of aromatic nitrogens is 2. The maximum atomic E-state index is 13.1. The van der Waals surface area contributed by atoms with E-state index in [4.69, 9.17) is 9.47 Å². The molecule has 0 bridgehead atoms. The molecule has 0 atom stereocenters. The monoisotopic (exact) mass is 380 g/mol. The van der Waals surface area contributed by atoms with Crippen LogP contribution in [0.15, 0.2) is 47.6 Å². The second-order valence-electron chi connectivity index (χ2n) is 6.24. The highest BCUT2D eigenvalue weighted by molar-refractivity contribution is 5.95. The van der Waals surface area contributed by atoms with Crippen LogP contribution < -0.4 is 14.9 Å². The molecule has 3 aromatic rings. The molecule has 0 unspecified atom stereocenters. The average Bonchev–Trinajstić information content (AvgIpc) is 3.27. The van der Waals surface area contributed by atoms with Crippen LogP contribution in [0.5, 0.6) is 11.5 Å². The van der Waals surface area contributed by atoms with Crippen LogP contribution in [0.4, 0.5) is 4.39 Å². The zero-order valence-electron chi connectivity index (χ0n) is 15.3. The van der Waals surface area contributed by atoms with Crippen molar-refractivity contribution in [3.8, 4) is 17.2 Å². The molecule has 1 aliphatic heterocycles. The Morgan fingerprint density at radius 3 is 2.71 bits per heavy atom. The first kappa shape index (κ1) is 17.7. The lowest BCUT2D eigenvalue weighted by Gasteiger charge is -2.04. The number of hydrogen-bond donors (Lipinski definition) is 1. The Hall–Kier alpha value is -3.68. The van der Waals surface area contributed by atoms with Crippen LogP contribution >= 0.6 is 0 Å². The SMILES string of the molecule is Cc1nn(-c2ccc(F)cc2)c(C)c1/C=N\NC(=O)c1ccc2c(c1)OCO2. The van der Waals surface area contributed by atoms with Crippen molar-refractivity contribution in [2.75, 3.05) is 6.79 Å². The molecule has 2 aromatic carbocycles. The molecular formula is C20H17FN4O3. The van der Waals surface area contributed by atoms with E-state index in [1.54, 1.807) is 41.2 Å². The summed E-state index contributed by atoms with van der Waals surface area (Å²) in [5.74, 6) is 0.470. The maximum absolute atomic E-state index is 13.1. The normalized spacial score (nSPS) is 12.5. The number of halogens is 1. The molecule has 1 amide bonds. The summed E-state index contributed by atoms with van der Waals surface area (Å²) >= 11 is 0. The number of aryl methyl sites for hydroxylation is 1. The molecule has 1 aromatic heterocycles. The number of fused-ring (bicyclic) bond motifs is 1. The molecule has 1 N–H and O–H groups in total. The van der Waals surface area contributed by atoms with Crippen molar-refractivity contribution in [2.24, 2.45) is 5.10 Å². The third-order valence-corrected chi connectivity index (χ3v) is 4.41. The Balaban J connectivity index is 1.50. The second kappa shape index (κ2) is 7.15. The first-order valence-electron chi connectivity index (χ1n) is 8.58. The summed E-state index contributed by atoms with van der Waals surface area (Å²) in [5, 5.41) is 8.51. The predicted molar refractivity (Wildman–Crippen MR) is 101 cm³/mol. The second-order valence-corrected chi connectivity index (χ2v) is 6.24. The van der Waals surface area contributed by atoms with Gasteiger partial charge in [-0.1, -0.05) is 0 Å². The van der Waals surface area contributed by atoms with E-state index in [2.05, 4.69) is 15.6 Å². The van der Waals surface area contributed by atoms with Crippen molar-refractivity contribution in [2.45, 2.75) is 13.8 Å². The lowest BCUT2D eigenvalue weighted by atomic mass is 10.2. The number of nitrogens with zero attached hydrogens (tertiary/aromatic N) is 3. The van der Waals surface area contributed by atoms with Crippen LogP contribution in [0.2, 0.25) is 0 Å². The number of carbonyl (C=O) groups excluding carboxylic acids is 1. The number of carbonyl (C=O) groups is 1. The predicted octanol–water partition coefficient (Wildman–Crippen LogP) is 3.12. The highest BCUT2D eigenvalue weighted by Gasteiger charge is 2.16. The molecule has 2 heterocycles. The van der Waals surface area contributed by atoms with Crippen LogP contribution in [0.1, 0.15) is 27.3 Å². The summed E-state index contributed by atoms with van der Waals surface area (Å²) in [6.45, 7) is 3.87. The molecule has 8 heteroatoms. The molecule has 0 radical (unpaired) electrons. The summed E-state index contributed by atoms with van der Waals surface area (Å²) < 4.78 is 25.3. The van der Waals surface area contributed by atoms with Gasteiger partial charge in [-0.3, -0.25) is 4.79 Å². The first-order valence-corrected chi connectivity index (χ1v) is 8.58. The van der Waals surface area contributed by atoms with E-state index in [-0.39, 0.29) is 18.5 Å². The van der Waals surface area contributed by atoms with E-state index in [9.17, 15) is 9.18 Å². The van der Waals surface area contributed by atoms with Gasteiger partial charge in [0.1, 0.15) is 5.82 Å². The molecule has 1 aliphatic rings. The van der Waals surface area contributed by atoms with Gasteiger partial charge >= 0.3 is 0 Å². The molecule has 28 heavy (non-hydrogen) atoms. The lowest BCUT2D eigenvalue weighted by molar-refractivity contribution is 0.0954. The quantitative estimate of drug-likeness (QED) is 0.557. The average molecular weight is 380 g/mol. The molecular weight excluding hydrogens is 363 g/mol. The van der Waals surface area contributed by atoms with Crippen molar-refractivity contribution in [3.63, 3.8) is 0 Å². The maximum Gasteiger partial charge on any atom is 0.271 e. The van der Waals surface area contributed by atoms with Gasteiger partial charge in [0.2, 0.25) is 6.79 Å². The van der Waals surface area contributed by atoms with Gasteiger partial charge in [-0.05, 0) is 56.3 Å². The van der Waals surface area contributed by atoms with Gasteiger partial charge in [0.25, 0.3) is 5.91 Å². The summed E-state index contributed by atoms with van der Waals surface area (Å²) in [6.07, 6.45) is 1.54. The summed E-state index contributed by atoms with van der Waals surface area (Å²) in [7, 11) is 0. The van der Waals surface area contributed by atoms with Gasteiger partial charge in [-0.15, -0.1) is 0 Å². The molecule has 0 saturated heterocycles. The van der Waals surface area contributed by atoms with Gasteiger partial charge in [-0.2, -0.15) is 10.2 Å². The summed E-state index contributed by atoms with van der Waals surface area (Å²) in [6, 6.07) is 11.0. The first-order chi connectivity index (χ1) is 13.5. The van der Waals surface area contributed by atoms with E-state index in [1.807, 2.05) is 13.8 Å². The van der Waals surface area contributed by atoms with Crippen LogP contribution in [0, 0.1) is 19.7 Å². The van der Waals surface area contributed by atoms with Crippen molar-refractivity contribution in [1.29, 1.82) is 0 Å². The number of amides is 1. The Labute approximate surface area is 160 Å². The van der Waals surface area contributed by atoms with E-state index in [0.29, 0.717) is 17.1 Å². The van der Waals surface area contributed by atoms with Gasteiger partial charge in [0, 0.05) is 11.1 Å². The molecule has 0 aliphatic carbocycles.